The molecule has 0 saturated carbocycles. The smallest absolute Gasteiger partial charge is 0.0744 e. The van der Waals surface area contributed by atoms with E-state index in [-0.39, 0.29) is 6.10 Å². The zero-order valence-electron chi connectivity index (χ0n) is 8.95. The van der Waals surface area contributed by atoms with E-state index in [0.717, 1.165) is 31.6 Å². The lowest BCUT2D eigenvalue weighted by molar-refractivity contribution is -0.0452. The molecule has 0 aromatic heterocycles. The molecule has 0 spiro atoms. The first kappa shape index (κ1) is 10.1. The van der Waals surface area contributed by atoms with Gasteiger partial charge in [0, 0.05) is 38.8 Å². The average molecular weight is 196 g/mol. The quantitative estimate of drug-likeness (QED) is 0.658. The lowest BCUT2D eigenvalue weighted by Crippen LogP contribution is -2.64. The molecule has 1 N–H and O–H groups in total. The van der Waals surface area contributed by atoms with Crippen molar-refractivity contribution in [3.63, 3.8) is 0 Å². The van der Waals surface area contributed by atoms with Crippen molar-refractivity contribution in [2.75, 3.05) is 32.7 Å². The first-order valence-electron chi connectivity index (χ1n) is 5.45. The normalized spacial score (nSPS) is 38.3. The third-order valence-electron chi connectivity index (χ3n) is 3.32. The molecule has 3 aliphatic heterocycles. The van der Waals surface area contributed by atoms with Crippen molar-refractivity contribution in [2.24, 2.45) is 0 Å². The molecule has 0 aromatic carbocycles. The fourth-order valence-corrected chi connectivity index (χ4v) is 2.52. The zero-order chi connectivity index (χ0) is 10.1. The minimum absolute atomic E-state index is 0.226. The summed E-state index contributed by atoms with van der Waals surface area (Å²) in [6.07, 6.45) is 0.519. The SMILES string of the molecule is C=C(C)CC(O)C1CN2CCN1CC2. The summed E-state index contributed by atoms with van der Waals surface area (Å²) in [5, 5.41) is 10.0. The molecule has 3 aliphatic rings. The molecule has 14 heavy (non-hydrogen) atoms. The fraction of sp³-hybridized carbons (Fsp3) is 0.818. The molecule has 2 atom stereocenters. The number of fused-ring (bicyclic) bond motifs is 3. The molecule has 80 valence electrons. The molecule has 3 heterocycles. The number of hydrogen-bond acceptors (Lipinski definition) is 3. The number of aliphatic hydroxyl groups excluding tert-OH is 1. The van der Waals surface area contributed by atoms with Crippen LogP contribution in [0.1, 0.15) is 13.3 Å². The van der Waals surface area contributed by atoms with Crippen LogP contribution < -0.4 is 0 Å². The van der Waals surface area contributed by atoms with Crippen LogP contribution in [-0.2, 0) is 0 Å². The van der Waals surface area contributed by atoms with Crippen molar-refractivity contribution < 1.29 is 5.11 Å². The number of piperazine rings is 3. The molecule has 2 bridgehead atoms. The van der Waals surface area contributed by atoms with Crippen LogP contribution in [0, 0.1) is 0 Å². The largest absolute Gasteiger partial charge is 0.391 e. The van der Waals surface area contributed by atoms with Gasteiger partial charge in [0.05, 0.1) is 6.10 Å². The lowest BCUT2D eigenvalue weighted by Gasteiger charge is -2.49. The summed E-state index contributed by atoms with van der Waals surface area (Å²) < 4.78 is 0. The first-order chi connectivity index (χ1) is 6.66. The predicted molar refractivity (Wildman–Crippen MR) is 57.2 cm³/mol. The monoisotopic (exact) mass is 196 g/mol. The maximum Gasteiger partial charge on any atom is 0.0744 e. The van der Waals surface area contributed by atoms with E-state index in [4.69, 9.17) is 0 Å². The predicted octanol–water partition coefficient (Wildman–Crippen LogP) is 0.313. The van der Waals surface area contributed by atoms with E-state index in [1.807, 2.05) is 6.92 Å². The third-order valence-corrected chi connectivity index (χ3v) is 3.32. The van der Waals surface area contributed by atoms with Crippen LogP contribution in [0.2, 0.25) is 0 Å². The van der Waals surface area contributed by atoms with Gasteiger partial charge in [0.15, 0.2) is 0 Å². The van der Waals surface area contributed by atoms with Gasteiger partial charge < -0.3 is 5.11 Å². The molecule has 3 fully saturated rings. The molecule has 0 aromatic rings. The van der Waals surface area contributed by atoms with Crippen molar-refractivity contribution in [1.82, 2.24) is 9.80 Å². The van der Waals surface area contributed by atoms with E-state index in [1.165, 1.54) is 13.1 Å². The van der Waals surface area contributed by atoms with Gasteiger partial charge in [0.2, 0.25) is 0 Å². The Morgan fingerprint density at radius 2 is 2.07 bits per heavy atom. The van der Waals surface area contributed by atoms with E-state index in [0.29, 0.717) is 6.04 Å². The summed E-state index contributed by atoms with van der Waals surface area (Å²) in [7, 11) is 0. The van der Waals surface area contributed by atoms with Crippen molar-refractivity contribution in [1.29, 1.82) is 0 Å². The summed E-state index contributed by atoms with van der Waals surface area (Å²) in [6.45, 7) is 11.5. The van der Waals surface area contributed by atoms with E-state index in [9.17, 15) is 5.11 Å². The molecule has 3 rings (SSSR count). The third kappa shape index (κ3) is 2.00. The average Bonchev–Trinajstić information content (AvgIpc) is 2.18. The minimum atomic E-state index is -0.226. The Labute approximate surface area is 86.0 Å². The van der Waals surface area contributed by atoms with Gasteiger partial charge in [-0.15, -0.1) is 6.58 Å². The summed E-state index contributed by atoms with van der Waals surface area (Å²) in [5.74, 6) is 0. The van der Waals surface area contributed by atoms with E-state index < -0.39 is 0 Å². The standard InChI is InChI=1S/C11H20N2O/c1-9(2)7-11(14)10-8-12-3-5-13(10)6-4-12/h10-11,14H,1,3-8H2,2H3. The van der Waals surface area contributed by atoms with Crippen LogP contribution >= 0.6 is 0 Å². The van der Waals surface area contributed by atoms with Crippen molar-refractivity contribution in [2.45, 2.75) is 25.5 Å². The summed E-state index contributed by atoms with van der Waals surface area (Å²) in [4.78, 5) is 4.87. The van der Waals surface area contributed by atoms with E-state index in [1.54, 1.807) is 0 Å². The minimum Gasteiger partial charge on any atom is -0.391 e. The number of aliphatic hydroxyl groups is 1. The van der Waals surface area contributed by atoms with Gasteiger partial charge in [-0.1, -0.05) is 5.57 Å². The van der Waals surface area contributed by atoms with Gasteiger partial charge in [0.25, 0.3) is 0 Å². The fourth-order valence-electron chi connectivity index (χ4n) is 2.52. The summed E-state index contributed by atoms with van der Waals surface area (Å²) in [5.41, 5.74) is 1.08. The highest BCUT2D eigenvalue weighted by Crippen LogP contribution is 2.20. The van der Waals surface area contributed by atoms with Crippen LogP contribution in [0.5, 0.6) is 0 Å². The maximum absolute atomic E-state index is 10.0. The Hall–Kier alpha value is -0.380. The van der Waals surface area contributed by atoms with E-state index in [2.05, 4.69) is 16.4 Å². The van der Waals surface area contributed by atoms with Gasteiger partial charge in [-0.3, -0.25) is 9.80 Å². The highest BCUT2D eigenvalue weighted by molar-refractivity contribution is 4.98. The van der Waals surface area contributed by atoms with Crippen LogP contribution in [0.3, 0.4) is 0 Å². The Balaban J connectivity index is 1.94. The number of rotatable bonds is 3. The number of nitrogens with zero attached hydrogens (tertiary/aromatic N) is 2. The topological polar surface area (TPSA) is 26.7 Å². The molecule has 0 radical (unpaired) electrons. The summed E-state index contributed by atoms with van der Waals surface area (Å²) >= 11 is 0. The van der Waals surface area contributed by atoms with Crippen molar-refractivity contribution in [3.05, 3.63) is 12.2 Å². The molecule has 2 unspecified atom stereocenters. The lowest BCUT2D eigenvalue weighted by atomic mass is 9.98. The van der Waals surface area contributed by atoms with Gasteiger partial charge in [0.1, 0.15) is 0 Å². The Morgan fingerprint density at radius 1 is 1.43 bits per heavy atom. The van der Waals surface area contributed by atoms with Gasteiger partial charge in [-0.2, -0.15) is 0 Å². The molecular formula is C11H20N2O. The van der Waals surface area contributed by atoms with Crippen molar-refractivity contribution >= 4 is 0 Å². The van der Waals surface area contributed by atoms with Crippen LogP contribution in [-0.4, -0.2) is 59.8 Å². The Kier molecular flexibility index (Phi) is 2.91. The molecule has 0 amide bonds. The molecule has 3 heteroatoms. The Bertz CT molecular complexity index is 221. The number of hydrogen-bond donors (Lipinski definition) is 1. The second-order valence-electron chi connectivity index (χ2n) is 4.63. The summed E-state index contributed by atoms with van der Waals surface area (Å²) in [6, 6.07) is 0.342. The second-order valence-corrected chi connectivity index (χ2v) is 4.63. The molecular weight excluding hydrogens is 176 g/mol. The van der Waals surface area contributed by atoms with Gasteiger partial charge >= 0.3 is 0 Å². The Morgan fingerprint density at radius 3 is 2.50 bits per heavy atom. The van der Waals surface area contributed by atoms with Crippen LogP contribution in [0.25, 0.3) is 0 Å². The van der Waals surface area contributed by atoms with Gasteiger partial charge in [-0.05, 0) is 13.3 Å². The maximum atomic E-state index is 10.0. The van der Waals surface area contributed by atoms with Gasteiger partial charge in [-0.25, -0.2) is 0 Å². The highest BCUT2D eigenvalue weighted by atomic mass is 16.3. The van der Waals surface area contributed by atoms with Crippen molar-refractivity contribution in [3.8, 4) is 0 Å². The zero-order valence-corrected chi connectivity index (χ0v) is 8.95. The first-order valence-corrected chi connectivity index (χ1v) is 5.45. The highest BCUT2D eigenvalue weighted by Gasteiger charge is 2.35. The van der Waals surface area contributed by atoms with Crippen LogP contribution in [0.15, 0.2) is 12.2 Å². The van der Waals surface area contributed by atoms with Crippen LogP contribution in [0.4, 0.5) is 0 Å². The molecule has 3 saturated heterocycles. The van der Waals surface area contributed by atoms with E-state index >= 15 is 0 Å². The molecule has 0 aliphatic carbocycles. The molecule has 3 nitrogen and oxygen atoms in total. The second kappa shape index (κ2) is 4.01.